The summed E-state index contributed by atoms with van der Waals surface area (Å²) in [7, 11) is 0. The van der Waals surface area contributed by atoms with Gasteiger partial charge in [0, 0.05) is 0 Å². The molecule has 0 nitrogen and oxygen atoms in total. The minimum Gasteiger partial charge on any atom is -0.0599 e. The van der Waals surface area contributed by atoms with Crippen LogP contribution in [0.4, 0.5) is 0 Å². The van der Waals surface area contributed by atoms with E-state index in [-0.39, 0.29) is 0 Å². The van der Waals surface area contributed by atoms with E-state index in [1.165, 1.54) is 51.4 Å². The van der Waals surface area contributed by atoms with Crippen LogP contribution in [0.5, 0.6) is 0 Å². The van der Waals surface area contributed by atoms with Crippen molar-refractivity contribution in [2.45, 2.75) is 97.8 Å². The second-order valence-corrected chi connectivity index (χ2v) is 9.59. The summed E-state index contributed by atoms with van der Waals surface area (Å²) in [5, 5.41) is 0. The Bertz CT molecular complexity index is 315. The second kappa shape index (κ2) is 6.63. The van der Waals surface area contributed by atoms with Crippen LogP contribution in [-0.4, -0.2) is 0 Å². The van der Waals surface area contributed by atoms with Crippen LogP contribution >= 0.6 is 0 Å². The van der Waals surface area contributed by atoms with Crippen molar-refractivity contribution in [1.29, 1.82) is 0 Å². The van der Waals surface area contributed by atoms with Crippen LogP contribution in [0, 0.1) is 35.0 Å². The van der Waals surface area contributed by atoms with E-state index in [1.54, 1.807) is 25.7 Å². The molecule has 3 fully saturated rings. The normalized spacial score (nSPS) is 37.0. The van der Waals surface area contributed by atoms with Crippen molar-refractivity contribution in [2.24, 2.45) is 35.0 Å². The Morgan fingerprint density at radius 1 is 0.667 bits per heavy atom. The maximum atomic E-state index is 2.55. The van der Waals surface area contributed by atoms with Gasteiger partial charge in [-0.15, -0.1) is 0 Å². The Morgan fingerprint density at radius 3 is 2.00 bits per heavy atom. The van der Waals surface area contributed by atoms with Gasteiger partial charge in [-0.05, 0) is 47.8 Å². The molecule has 0 spiro atoms. The third-order valence-corrected chi connectivity index (χ3v) is 7.25. The monoisotopic (exact) mass is 290 g/mol. The van der Waals surface area contributed by atoms with E-state index in [4.69, 9.17) is 0 Å². The molecule has 0 aromatic rings. The molecule has 0 saturated heterocycles. The van der Waals surface area contributed by atoms with E-state index >= 15 is 0 Å². The van der Waals surface area contributed by atoms with Crippen molar-refractivity contribution in [2.75, 3.05) is 0 Å². The largest absolute Gasteiger partial charge is 0.0599 e. The van der Waals surface area contributed by atoms with Crippen LogP contribution in [0.1, 0.15) is 97.8 Å². The summed E-state index contributed by atoms with van der Waals surface area (Å²) >= 11 is 0. The first-order valence-corrected chi connectivity index (χ1v) is 10.1. The topological polar surface area (TPSA) is 0 Å². The van der Waals surface area contributed by atoms with Gasteiger partial charge in [-0.25, -0.2) is 0 Å². The molecule has 0 aliphatic heterocycles. The fourth-order valence-corrected chi connectivity index (χ4v) is 6.63. The highest BCUT2D eigenvalue weighted by molar-refractivity contribution is 4.94. The Morgan fingerprint density at radius 2 is 1.29 bits per heavy atom. The molecule has 3 aliphatic carbocycles. The van der Waals surface area contributed by atoms with Gasteiger partial charge in [0.05, 0.1) is 0 Å². The zero-order valence-electron chi connectivity index (χ0n) is 14.9. The van der Waals surface area contributed by atoms with E-state index in [1.807, 2.05) is 0 Å². The van der Waals surface area contributed by atoms with Crippen molar-refractivity contribution < 1.29 is 0 Å². The summed E-state index contributed by atoms with van der Waals surface area (Å²) in [5.74, 6) is 5.31. The first-order valence-electron chi connectivity index (χ1n) is 10.1. The summed E-state index contributed by atoms with van der Waals surface area (Å²) in [6.45, 7) is 7.66. The van der Waals surface area contributed by atoms with Crippen molar-refractivity contribution in [3.8, 4) is 0 Å². The molecule has 3 rings (SSSR count). The smallest absolute Gasteiger partial charge is 0.0306 e. The van der Waals surface area contributed by atoms with Gasteiger partial charge < -0.3 is 0 Å². The van der Waals surface area contributed by atoms with Crippen LogP contribution in [0.3, 0.4) is 0 Å². The molecule has 0 radical (unpaired) electrons. The average molecular weight is 291 g/mol. The predicted octanol–water partition coefficient (Wildman–Crippen LogP) is 6.84. The lowest BCUT2D eigenvalue weighted by molar-refractivity contribution is -0.0198. The molecular formula is C21H38. The number of hydrogen-bond donors (Lipinski definition) is 0. The van der Waals surface area contributed by atoms with Gasteiger partial charge in [-0.3, -0.25) is 0 Å². The van der Waals surface area contributed by atoms with Crippen molar-refractivity contribution in [3.63, 3.8) is 0 Å². The van der Waals surface area contributed by atoms with E-state index in [9.17, 15) is 0 Å². The molecule has 3 aliphatic rings. The molecule has 4 atom stereocenters. The van der Waals surface area contributed by atoms with Crippen LogP contribution in [0.15, 0.2) is 0 Å². The lowest BCUT2D eigenvalue weighted by atomic mass is 9.54. The molecule has 3 saturated carbocycles. The molecule has 0 N–H and O–H groups in total. The van der Waals surface area contributed by atoms with Crippen LogP contribution < -0.4 is 0 Å². The van der Waals surface area contributed by atoms with E-state index in [0.717, 1.165) is 29.6 Å². The lowest BCUT2D eigenvalue weighted by Crippen LogP contribution is -2.43. The molecule has 21 heavy (non-hydrogen) atoms. The quantitative estimate of drug-likeness (QED) is 0.522. The van der Waals surface area contributed by atoms with Gasteiger partial charge in [0.2, 0.25) is 0 Å². The summed E-state index contributed by atoms with van der Waals surface area (Å²) < 4.78 is 0. The van der Waals surface area contributed by atoms with E-state index < -0.39 is 0 Å². The lowest BCUT2D eigenvalue weighted by Gasteiger charge is -2.51. The van der Waals surface area contributed by atoms with Gasteiger partial charge in [-0.2, -0.15) is 0 Å². The van der Waals surface area contributed by atoms with E-state index in [2.05, 4.69) is 20.8 Å². The number of rotatable bonds is 2. The summed E-state index contributed by atoms with van der Waals surface area (Å²) in [6, 6.07) is 0. The fourth-order valence-electron chi connectivity index (χ4n) is 6.63. The molecule has 0 aromatic heterocycles. The highest BCUT2D eigenvalue weighted by Crippen LogP contribution is 2.54. The third-order valence-electron chi connectivity index (χ3n) is 7.25. The van der Waals surface area contributed by atoms with Crippen molar-refractivity contribution in [1.82, 2.24) is 0 Å². The highest BCUT2D eigenvalue weighted by atomic mass is 14.5. The Hall–Kier alpha value is 0. The fraction of sp³-hybridized carbons (Fsp3) is 1.00. The molecule has 0 heterocycles. The van der Waals surface area contributed by atoms with E-state index in [0.29, 0.717) is 5.41 Å². The maximum absolute atomic E-state index is 2.55. The minimum atomic E-state index is 0.520. The molecule has 4 unspecified atom stereocenters. The Kier molecular flexibility index (Phi) is 5.01. The number of hydrogen-bond acceptors (Lipinski definition) is 0. The molecule has 0 bridgehead atoms. The standard InChI is InChI=1S/C21H38/c1-21(2,3)20(17-11-5-4-6-12-17)19-15-9-13-16-10-7-8-14-18(16)19/h16-20H,4-15H2,1-3H3. The Labute approximate surface area is 133 Å². The van der Waals surface area contributed by atoms with Gasteiger partial charge in [0.25, 0.3) is 0 Å². The first kappa shape index (κ1) is 15.9. The first-order chi connectivity index (χ1) is 10.1. The zero-order valence-corrected chi connectivity index (χ0v) is 14.9. The summed E-state index contributed by atoms with van der Waals surface area (Å²) in [5.41, 5.74) is 0.520. The molecular weight excluding hydrogens is 252 g/mol. The average Bonchev–Trinajstić information content (AvgIpc) is 2.47. The van der Waals surface area contributed by atoms with Gasteiger partial charge in [-0.1, -0.05) is 85.0 Å². The second-order valence-electron chi connectivity index (χ2n) is 9.59. The molecule has 0 heteroatoms. The SMILES string of the molecule is CC(C)(C)C(C1CCCCC1)C1CCCC2CCCCC21. The van der Waals surface area contributed by atoms with Crippen LogP contribution in [0.2, 0.25) is 0 Å². The van der Waals surface area contributed by atoms with Crippen molar-refractivity contribution in [3.05, 3.63) is 0 Å². The summed E-state index contributed by atoms with van der Waals surface area (Å²) in [6.07, 6.45) is 18.4. The summed E-state index contributed by atoms with van der Waals surface area (Å²) in [4.78, 5) is 0. The predicted molar refractivity (Wildman–Crippen MR) is 92.3 cm³/mol. The van der Waals surface area contributed by atoms with Crippen LogP contribution in [0.25, 0.3) is 0 Å². The molecule has 0 amide bonds. The minimum absolute atomic E-state index is 0.520. The van der Waals surface area contributed by atoms with Crippen LogP contribution in [-0.2, 0) is 0 Å². The third kappa shape index (κ3) is 3.50. The highest BCUT2D eigenvalue weighted by Gasteiger charge is 2.45. The van der Waals surface area contributed by atoms with Gasteiger partial charge in [0.15, 0.2) is 0 Å². The maximum Gasteiger partial charge on any atom is -0.0306 e. The van der Waals surface area contributed by atoms with Crippen molar-refractivity contribution >= 4 is 0 Å². The molecule has 0 aromatic carbocycles. The molecule has 122 valence electrons. The van der Waals surface area contributed by atoms with Gasteiger partial charge in [0.1, 0.15) is 0 Å². The zero-order chi connectivity index (χ0) is 14.9. The van der Waals surface area contributed by atoms with Gasteiger partial charge >= 0.3 is 0 Å². The number of fused-ring (bicyclic) bond motifs is 1. The Balaban J connectivity index is 1.80.